The van der Waals surface area contributed by atoms with E-state index in [2.05, 4.69) is 12.1 Å². The Labute approximate surface area is 95.0 Å². The van der Waals surface area contributed by atoms with Gasteiger partial charge in [-0.2, -0.15) is 5.26 Å². The summed E-state index contributed by atoms with van der Waals surface area (Å²) in [5, 5.41) is 9.01. The second-order valence-electron chi connectivity index (χ2n) is 3.48. The lowest BCUT2D eigenvalue weighted by Crippen LogP contribution is -1.96. The highest BCUT2D eigenvalue weighted by Crippen LogP contribution is 2.23. The molecule has 0 aliphatic heterocycles. The number of hydrogen-bond acceptors (Lipinski definition) is 2. The van der Waals surface area contributed by atoms with Crippen molar-refractivity contribution in [3.8, 4) is 17.2 Å². The van der Waals surface area contributed by atoms with Crippen molar-refractivity contribution >= 4 is 0 Å². The summed E-state index contributed by atoms with van der Waals surface area (Å²) in [6.45, 7) is 0.503. The van der Waals surface area contributed by atoms with E-state index < -0.39 is 0 Å². The molecule has 0 unspecified atom stereocenters. The molecule has 77 valence electrons. The van der Waals surface area contributed by atoms with Gasteiger partial charge in [0.05, 0.1) is 11.6 Å². The summed E-state index contributed by atoms with van der Waals surface area (Å²) in [6, 6.07) is 18.6. The molecule has 2 N–H and O–H groups in total. The predicted molar refractivity (Wildman–Crippen MR) is 63.3 cm³/mol. The van der Waals surface area contributed by atoms with Crippen molar-refractivity contribution in [2.45, 2.75) is 6.54 Å². The van der Waals surface area contributed by atoms with Crippen LogP contribution in [0.3, 0.4) is 0 Å². The molecule has 0 aromatic heterocycles. The molecule has 0 saturated heterocycles. The smallest absolute Gasteiger partial charge is 0.0998 e. The molecule has 0 heterocycles. The summed E-state index contributed by atoms with van der Waals surface area (Å²) < 4.78 is 0. The van der Waals surface area contributed by atoms with Crippen LogP contribution in [0.4, 0.5) is 0 Å². The van der Waals surface area contributed by atoms with Crippen LogP contribution < -0.4 is 5.73 Å². The van der Waals surface area contributed by atoms with Gasteiger partial charge >= 0.3 is 0 Å². The SMILES string of the molecule is N#Cc1ccc[c]c1-c1cccc(CN)c1. The third-order valence-corrected chi connectivity index (χ3v) is 2.43. The van der Waals surface area contributed by atoms with Gasteiger partial charge in [0.2, 0.25) is 0 Å². The normalized spacial score (nSPS) is 9.75. The molecule has 0 aliphatic carbocycles. The summed E-state index contributed by atoms with van der Waals surface area (Å²) in [7, 11) is 0. The molecule has 0 spiro atoms. The van der Waals surface area contributed by atoms with Gasteiger partial charge in [-0.3, -0.25) is 0 Å². The number of nitrogens with two attached hydrogens (primary N) is 1. The molecule has 0 bridgehead atoms. The molecular weight excluding hydrogens is 196 g/mol. The van der Waals surface area contributed by atoms with Crippen LogP contribution in [0.25, 0.3) is 11.1 Å². The topological polar surface area (TPSA) is 49.8 Å². The zero-order valence-corrected chi connectivity index (χ0v) is 8.77. The lowest BCUT2D eigenvalue weighted by atomic mass is 9.99. The Morgan fingerprint density at radius 2 is 2.12 bits per heavy atom. The van der Waals surface area contributed by atoms with Crippen LogP contribution in [0.15, 0.2) is 42.5 Å². The van der Waals surface area contributed by atoms with E-state index in [-0.39, 0.29) is 0 Å². The maximum Gasteiger partial charge on any atom is 0.0998 e. The minimum atomic E-state index is 0.503. The second kappa shape index (κ2) is 4.61. The third kappa shape index (κ3) is 1.95. The van der Waals surface area contributed by atoms with Crippen molar-refractivity contribution in [2.24, 2.45) is 5.73 Å². The van der Waals surface area contributed by atoms with E-state index >= 15 is 0 Å². The van der Waals surface area contributed by atoms with Crippen molar-refractivity contribution in [3.05, 3.63) is 59.7 Å². The lowest BCUT2D eigenvalue weighted by Gasteiger charge is -2.05. The van der Waals surface area contributed by atoms with Crippen LogP contribution >= 0.6 is 0 Å². The van der Waals surface area contributed by atoms with Crippen LogP contribution in [0.2, 0.25) is 0 Å². The highest BCUT2D eigenvalue weighted by Gasteiger charge is 2.04. The Bertz CT molecular complexity index is 538. The quantitative estimate of drug-likeness (QED) is 0.822. The first kappa shape index (κ1) is 10.4. The molecule has 16 heavy (non-hydrogen) atoms. The average Bonchev–Trinajstić information content (AvgIpc) is 2.38. The Morgan fingerprint density at radius 1 is 1.25 bits per heavy atom. The molecule has 2 nitrogen and oxygen atoms in total. The molecule has 0 fully saturated rings. The second-order valence-corrected chi connectivity index (χ2v) is 3.48. The molecule has 2 aromatic carbocycles. The van der Waals surface area contributed by atoms with Crippen LogP contribution in [0, 0.1) is 17.4 Å². The fourth-order valence-electron chi connectivity index (χ4n) is 1.62. The van der Waals surface area contributed by atoms with Gasteiger partial charge in [-0.1, -0.05) is 30.3 Å². The highest BCUT2D eigenvalue weighted by molar-refractivity contribution is 5.70. The summed E-state index contributed by atoms with van der Waals surface area (Å²) >= 11 is 0. The van der Waals surface area contributed by atoms with Crippen LogP contribution in [0.1, 0.15) is 11.1 Å². The van der Waals surface area contributed by atoms with Gasteiger partial charge < -0.3 is 5.73 Å². The van der Waals surface area contributed by atoms with Gasteiger partial charge in [0, 0.05) is 12.1 Å². The minimum Gasteiger partial charge on any atom is -0.326 e. The first-order chi connectivity index (χ1) is 7.85. The molecule has 2 rings (SSSR count). The van der Waals surface area contributed by atoms with Gasteiger partial charge in [0.25, 0.3) is 0 Å². The first-order valence-corrected chi connectivity index (χ1v) is 5.05. The van der Waals surface area contributed by atoms with Gasteiger partial charge in [0.15, 0.2) is 0 Å². The van der Waals surface area contributed by atoms with E-state index in [0.29, 0.717) is 12.1 Å². The Morgan fingerprint density at radius 3 is 2.88 bits per heavy atom. The molecule has 2 heteroatoms. The van der Waals surface area contributed by atoms with Crippen LogP contribution in [0.5, 0.6) is 0 Å². The average molecular weight is 207 g/mol. The van der Waals surface area contributed by atoms with E-state index in [1.54, 1.807) is 6.07 Å². The van der Waals surface area contributed by atoms with Crippen molar-refractivity contribution in [3.63, 3.8) is 0 Å². The van der Waals surface area contributed by atoms with Gasteiger partial charge in [-0.15, -0.1) is 0 Å². The van der Waals surface area contributed by atoms with Gasteiger partial charge in [-0.25, -0.2) is 0 Å². The van der Waals surface area contributed by atoms with Crippen molar-refractivity contribution in [1.82, 2.24) is 0 Å². The molecule has 0 saturated carbocycles. The lowest BCUT2D eigenvalue weighted by molar-refractivity contribution is 1.07. The first-order valence-electron chi connectivity index (χ1n) is 5.05. The van der Waals surface area contributed by atoms with E-state index in [1.165, 1.54) is 0 Å². The maximum absolute atomic E-state index is 9.01. The molecule has 0 amide bonds. The van der Waals surface area contributed by atoms with Crippen LogP contribution in [-0.4, -0.2) is 0 Å². The highest BCUT2D eigenvalue weighted by atomic mass is 14.5. The van der Waals surface area contributed by atoms with Crippen molar-refractivity contribution < 1.29 is 0 Å². The van der Waals surface area contributed by atoms with E-state index in [4.69, 9.17) is 11.0 Å². The number of benzene rings is 2. The maximum atomic E-state index is 9.01. The Hall–Kier alpha value is -2.11. The standard InChI is InChI=1S/C14H11N2/c15-9-11-4-3-6-12(8-11)14-7-2-1-5-13(14)10-16/h1-6,8H,9,15H2. The zero-order chi connectivity index (χ0) is 11.4. The molecule has 0 aliphatic rings. The number of nitriles is 1. The molecular formula is C14H11N2. The van der Waals surface area contributed by atoms with E-state index in [0.717, 1.165) is 16.7 Å². The van der Waals surface area contributed by atoms with Gasteiger partial charge in [0.1, 0.15) is 0 Å². The summed E-state index contributed by atoms with van der Waals surface area (Å²) in [5.41, 5.74) is 9.10. The molecule has 1 radical (unpaired) electrons. The fraction of sp³-hybridized carbons (Fsp3) is 0.0714. The van der Waals surface area contributed by atoms with E-state index in [9.17, 15) is 0 Å². The monoisotopic (exact) mass is 207 g/mol. The van der Waals surface area contributed by atoms with Crippen molar-refractivity contribution in [1.29, 1.82) is 5.26 Å². The number of rotatable bonds is 2. The largest absolute Gasteiger partial charge is 0.326 e. The van der Waals surface area contributed by atoms with E-state index in [1.807, 2.05) is 36.4 Å². The summed E-state index contributed by atoms with van der Waals surface area (Å²) in [5.74, 6) is 0. The predicted octanol–water partition coefficient (Wildman–Crippen LogP) is 2.48. The van der Waals surface area contributed by atoms with Crippen LogP contribution in [-0.2, 0) is 6.54 Å². The van der Waals surface area contributed by atoms with Crippen molar-refractivity contribution in [2.75, 3.05) is 0 Å². The van der Waals surface area contributed by atoms with Gasteiger partial charge in [-0.05, 0) is 29.3 Å². The molecule has 2 aromatic rings. The fourth-order valence-corrected chi connectivity index (χ4v) is 1.62. The number of nitrogens with zero attached hydrogens (tertiary/aromatic N) is 1. The summed E-state index contributed by atoms with van der Waals surface area (Å²) in [4.78, 5) is 0. The minimum absolute atomic E-state index is 0.503. The molecule has 0 atom stereocenters. The zero-order valence-electron chi connectivity index (χ0n) is 8.77. The Kier molecular flexibility index (Phi) is 3.00. The Balaban J connectivity index is 2.55. The third-order valence-electron chi connectivity index (χ3n) is 2.43. The summed E-state index contributed by atoms with van der Waals surface area (Å²) in [6.07, 6.45) is 0. The number of hydrogen-bond donors (Lipinski definition) is 1.